The Morgan fingerprint density at radius 1 is 1.03 bits per heavy atom. The van der Waals surface area contributed by atoms with Gasteiger partial charge < -0.3 is 15.0 Å². The second kappa shape index (κ2) is 12.0. The molecule has 0 atom stereocenters. The number of rotatable bonds is 7. The van der Waals surface area contributed by atoms with Crippen molar-refractivity contribution in [3.63, 3.8) is 0 Å². The van der Waals surface area contributed by atoms with E-state index in [0.717, 1.165) is 54.6 Å². The van der Waals surface area contributed by atoms with Crippen LogP contribution in [-0.2, 0) is 16.1 Å². The third kappa shape index (κ3) is 6.18. The van der Waals surface area contributed by atoms with Crippen LogP contribution in [0.4, 0.5) is 5.69 Å². The lowest BCUT2D eigenvalue weighted by Gasteiger charge is -2.31. The standard InChI is InChI=1S/C31H33N3O3S/c1-22-7-8-23(2)26(19-22)21-34-27-5-3-4-6-28(27)38-29(31(34)36)20-24-9-11-25(12-10-24)30(35)32-13-14-33-15-17-37-18-16-33/h3-12,19-20H,13-18,21H2,1-2H3,(H,32,35)/b29-20-. The number of nitrogens with one attached hydrogen (secondary N) is 1. The molecule has 1 saturated heterocycles. The SMILES string of the molecule is Cc1ccc(C)c(CN2C(=O)/C(=C/c3ccc(C(=O)NCCN4CCOCC4)cc3)Sc3ccccc32)c1. The lowest BCUT2D eigenvalue weighted by Crippen LogP contribution is -2.41. The van der Waals surface area contributed by atoms with Gasteiger partial charge in [-0.05, 0) is 60.9 Å². The van der Waals surface area contributed by atoms with Crippen LogP contribution in [0, 0.1) is 13.8 Å². The summed E-state index contributed by atoms with van der Waals surface area (Å²) in [5, 5.41) is 3.00. The molecule has 0 unspecified atom stereocenters. The van der Waals surface area contributed by atoms with Gasteiger partial charge in [0, 0.05) is 36.6 Å². The van der Waals surface area contributed by atoms with Crippen LogP contribution >= 0.6 is 11.8 Å². The summed E-state index contributed by atoms with van der Waals surface area (Å²) in [4.78, 5) is 32.2. The highest BCUT2D eigenvalue weighted by molar-refractivity contribution is 8.04. The number of ether oxygens (including phenoxy) is 1. The van der Waals surface area contributed by atoms with E-state index in [-0.39, 0.29) is 11.8 Å². The number of hydrogen-bond donors (Lipinski definition) is 1. The van der Waals surface area contributed by atoms with Gasteiger partial charge in [-0.2, -0.15) is 0 Å². The van der Waals surface area contributed by atoms with E-state index >= 15 is 0 Å². The first kappa shape index (κ1) is 26.2. The van der Waals surface area contributed by atoms with E-state index in [9.17, 15) is 9.59 Å². The molecular formula is C31H33N3O3S. The summed E-state index contributed by atoms with van der Waals surface area (Å²) in [5.41, 5.74) is 5.92. The maximum atomic E-state index is 13.7. The van der Waals surface area contributed by atoms with E-state index in [0.29, 0.717) is 23.6 Å². The second-order valence-electron chi connectivity index (χ2n) is 9.73. The largest absolute Gasteiger partial charge is 0.379 e. The van der Waals surface area contributed by atoms with E-state index in [1.807, 2.05) is 53.4 Å². The molecule has 0 spiro atoms. The lowest BCUT2D eigenvalue weighted by atomic mass is 10.0. The number of morpholine rings is 1. The minimum absolute atomic E-state index is 0.0143. The minimum atomic E-state index is -0.0887. The number of benzene rings is 3. The van der Waals surface area contributed by atoms with Crippen molar-refractivity contribution in [2.75, 3.05) is 44.3 Å². The van der Waals surface area contributed by atoms with Crippen LogP contribution in [0.3, 0.4) is 0 Å². The molecule has 3 aromatic rings. The molecule has 0 bridgehead atoms. The number of fused-ring (bicyclic) bond motifs is 1. The Labute approximate surface area is 228 Å². The van der Waals surface area contributed by atoms with Gasteiger partial charge in [0.15, 0.2) is 0 Å². The Kier molecular flexibility index (Phi) is 8.27. The minimum Gasteiger partial charge on any atom is -0.379 e. The van der Waals surface area contributed by atoms with Crippen LogP contribution in [0.5, 0.6) is 0 Å². The molecule has 5 rings (SSSR count). The van der Waals surface area contributed by atoms with Gasteiger partial charge in [0.1, 0.15) is 0 Å². The second-order valence-corrected chi connectivity index (χ2v) is 10.8. The van der Waals surface area contributed by atoms with Gasteiger partial charge in [0.05, 0.1) is 30.4 Å². The zero-order valence-corrected chi connectivity index (χ0v) is 22.7. The molecule has 0 saturated carbocycles. The van der Waals surface area contributed by atoms with Crippen molar-refractivity contribution in [2.45, 2.75) is 25.3 Å². The molecule has 1 N–H and O–H groups in total. The van der Waals surface area contributed by atoms with Crippen molar-refractivity contribution >= 4 is 35.3 Å². The average Bonchev–Trinajstić information content (AvgIpc) is 2.94. The summed E-state index contributed by atoms with van der Waals surface area (Å²) in [7, 11) is 0. The van der Waals surface area contributed by atoms with Gasteiger partial charge in [0.25, 0.3) is 11.8 Å². The molecule has 0 radical (unpaired) electrons. The van der Waals surface area contributed by atoms with Crippen LogP contribution in [0.2, 0.25) is 0 Å². The number of aryl methyl sites for hydroxylation is 2. The van der Waals surface area contributed by atoms with Crippen molar-refractivity contribution in [3.05, 3.63) is 99.5 Å². The summed E-state index contributed by atoms with van der Waals surface area (Å²) in [6.07, 6.45) is 1.92. The smallest absolute Gasteiger partial charge is 0.265 e. The number of thioether (sulfide) groups is 1. The molecular weight excluding hydrogens is 494 g/mol. The molecule has 2 amide bonds. The molecule has 0 aromatic heterocycles. The summed E-state index contributed by atoms with van der Waals surface area (Å²) >= 11 is 1.49. The number of nitrogens with zero attached hydrogens (tertiary/aromatic N) is 2. The summed E-state index contributed by atoms with van der Waals surface area (Å²) in [6, 6.07) is 21.8. The Morgan fingerprint density at radius 2 is 1.79 bits per heavy atom. The van der Waals surface area contributed by atoms with Gasteiger partial charge in [-0.15, -0.1) is 0 Å². The first-order chi connectivity index (χ1) is 18.5. The maximum Gasteiger partial charge on any atom is 0.265 e. The number of hydrogen-bond acceptors (Lipinski definition) is 5. The van der Waals surface area contributed by atoms with E-state index in [1.165, 1.54) is 22.9 Å². The van der Waals surface area contributed by atoms with E-state index in [2.05, 4.69) is 48.3 Å². The van der Waals surface area contributed by atoms with E-state index < -0.39 is 0 Å². The number of carbonyl (C=O) groups excluding carboxylic acids is 2. The van der Waals surface area contributed by atoms with Crippen molar-refractivity contribution in [1.82, 2.24) is 10.2 Å². The van der Waals surface area contributed by atoms with Crippen LogP contribution in [0.15, 0.2) is 76.5 Å². The molecule has 7 heteroatoms. The molecule has 6 nitrogen and oxygen atoms in total. The van der Waals surface area contributed by atoms with Gasteiger partial charge in [-0.3, -0.25) is 14.5 Å². The third-order valence-electron chi connectivity index (χ3n) is 6.95. The predicted molar refractivity (Wildman–Crippen MR) is 153 cm³/mol. The monoisotopic (exact) mass is 527 g/mol. The topological polar surface area (TPSA) is 61.9 Å². The fraction of sp³-hybridized carbons (Fsp3) is 0.290. The van der Waals surface area contributed by atoms with Crippen molar-refractivity contribution in [2.24, 2.45) is 0 Å². The third-order valence-corrected chi connectivity index (χ3v) is 8.03. The van der Waals surface area contributed by atoms with Crippen molar-refractivity contribution in [1.29, 1.82) is 0 Å². The fourth-order valence-electron chi connectivity index (χ4n) is 4.70. The molecule has 2 aliphatic rings. The fourth-order valence-corrected chi connectivity index (χ4v) is 5.76. The molecule has 2 aliphatic heterocycles. The molecule has 3 aromatic carbocycles. The Balaban J connectivity index is 1.29. The molecule has 0 aliphatic carbocycles. The van der Waals surface area contributed by atoms with Crippen LogP contribution in [0.25, 0.3) is 6.08 Å². The highest BCUT2D eigenvalue weighted by atomic mass is 32.2. The number of para-hydroxylation sites is 1. The summed E-state index contributed by atoms with van der Waals surface area (Å²) in [6.45, 7) is 9.41. The maximum absolute atomic E-state index is 13.7. The molecule has 1 fully saturated rings. The summed E-state index contributed by atoms with van der Waals surface area (Å²) < 4.78 is 5.37. The van der Waals surface area contributed by atoms with Crippen molar-refractivity contribution in [3.8, 4) is 0 Å². The van der Waals surface area contributed by atoms with Gasteiger partial charge >= 0.3 is 0 Å². The first-order valence-electron chi connectivity index (χ1n) is 13.0. The van der Waals surface area contributed by atoms with Gasteiger partial charge in [-0.25, -0.2) is 0 Å². The molecule has 196 valence electrons. The van der Waals surface area contributed by atoms with Crippen molar-refractivity contribution < 1.29 is 14.3 Å². The van der Waals surface area contributed by atoms with Crippen LogP contribution in [-0.4, -0.2) is 56.1 Å². The number of anilines is 1. The predicted octanol–water partition coefficient (Wildman–Crippen LogP) is 5.05. The molecule has 38 heavy (non-hydrogen) atoms. The van der Waals surface area contributed by atoms with Gasteiger partial charge in [-0.1, -0.05) is 59.8 Å². The van der Waals surface area contributed by atoms with E-state index in [1.54, 1.807) is 0 Å². The lowest BCUT2D eigenvalue weighted by molar-refractivity contribution is -0.114. The number of carbonyl (C=O) groups is 2. The van der Waals surface area contributed by atoms with Crippen LogP contribution in [0.1, 0.15) is 32.6 Å². The highest BCUT2D eigenvalue weighted by Crippen LogP contribution is 2.42. The zero-order chi connectivity index (χ0) is 26.5. The quantitative estimate of drug-likeness (QED) is 0.436. The Bertz CT molecular complexity index is 1350. The van der Waals surface area contributed by atoms with E-state index in [4.69, 9.17) is 4.74 Å². The average molecular weight is 528 g/mol. The normalized spacial score (nSPS) is 16.9. The van der Waals surface area contributed by atoms with Gasteiger partial charge in [0.2, 0.25) is 0 Å². The van der Waals surface area contributed by atoms with Crippen LogP contribution < -0.4 is 10.2 Å². The summed E-state index contributed by atoms with van der Waals surface area (Å²) in [5.74, 6) is -0.103. The Hall–Kier alpha value is -3.39. The molecule has 2 heterocycles. The highest BCUT2D eigenvalue weighted by Gasteiger charge is 2.29. The Morgan fingerprint density at radius 3 is 2.58 bits per heavy atom. The number of amides is 2. The zero-order valence-electron chi connectivity index (χ0n) is 21.9. The first-order valence-corrected chi connectivity index (χ1v) is 13.8.